The van der Waals surface area contributed by atoms with Crippen molar-refractivity contribution in [3.63, 3.8) is 0 Å². The zero-order valence-electron chi connectivity index (χ0n) is 19.1. The Morgan fingerprint density at radius 2 is 2.00 bits per heavy atom. The van der Waals surface area contributed by atoms with Gasteiger partial charge >= 0.3 is 5.97 Å². The lowest BCUT2D eigenvalue weighted by Gasteiger charge is -2.30. The molecule has 2 unspecified atom stereocenters. The first kappa shape index (κ1) is 25.0. The van der Waals surface area contributed by atoms with E-state index in [9.17, 15) is 14.4 Å². The van der Waals surface area contributed by atoms with E-state index in [-0.39, 0.29) is 17.4 Å². The van der Waals surface area contributed by atoms with E-state index >= 15 is 0 Å². The molecule has 36 heavy (non-hydrogen) atoms. The molecule has 1 aliphatic heterocycles. The molecule has 1 saturated heterocycles. The lowest BCUT2D eigenvalue weighted by Crippen LogP contribution is -2.52. The molecule has 0 bridgehead atoms. The molecule has 186 valence electrons. The summed E-state index contributed by atoms with van der Waals surface area (Å²) >= 11 is 6.14. The van der Waals surface area contributed by atoms with Gasteiger partial charge in [-0.3, -0.25) is 9.59 Å². The van der Waals surface area contributed by atoms with Gasteiger partial charge in [0.25, 0.3) is 0 Å². The number of rotatable bonds is 8. The van der Waals surface area contributed by atoms with Crippen LogP contribution in [0.1, 0.15) is 28.8 Å². The maximum absolute atomic E-state index is 13.2. The molecule has 1 aromatic heterocycles. The summed E-state index contributed by atoms with van der Waals surface area (Å²) in [6, 6.07) is 10.1. The molecule has 2 atom stereocenters. The Hall–Kier alpha value is -4.09. The van der Waals surface area contributed by atoms with Gasteiger partial charge in [0.1, 0.15) is 12.4 Å². The summed E-state index contributed by atoms with van der Waals surface area (Å²) in [6.07, 6.45) is 5.99. The highest BCUT2D eigenvalue weighted by Crippen LogP contribution is 2.21. The van der Waals surface area contributed by atoms with Crippen LogP contribution in [0, 0.1) is 5.92 Å². The van der Waals surface area contributed by atoms with Gasteiger partial charge in [-0.25, -0.2) is 4.79 Å². The first-order valence-electron chi connectivity index (χ1n) is 11.3. The number of benzene rings is 2. The molecule has 0 radical (unpaired) electrons. The van der Waals surface area contributed by atoms with Crippen molar-refractivity contribution in [2.45, 2.75) is 18.9 Å². The lowest BCUT2D eigenvalue weighted by atomic mass is 9.91. The first-order chi connectivity index (χ1) is 17.4. The summed E-state index contributed by atoms with van der Waals surface area (Å²) in [4.78, 5) is 37.1. The molecule has 0 spiro atoms. The number of aromatic carboxylic acids is 1. The molecule has 4 rings (SSSR count). The van der Waals surface area contributed by atoms with E-state index in [4.69, 9.17) is 16.7 Å². The average Bonchev–Trinajstić information content (AvgIpc) is 3.41. The van der Waals surface area contributed by atoms with Gasteiger partial charge in [-0.1, -0.05) is 11.6 Å². The Kier molecular flexibility index (Phi) is 8.03. The number of amides is 2. The number of halogens is 1. The number of tetrazole rings is 1. The van der Waals surface area contributed by atoms with Crippen LogP contribution in [0.4, 0.5) is 5.69 Å². The van der Waals surface area contributed by atoms with E-state index in [1.165, 1.54) is 41.4 Å². The maximum atomic E-state index is 13.2. The van der Waals surface area contributed by atoms with E-state index in [2.05, 4.69) is 31.5 Å². The van der Waals surface area contributed by atoms with E-state index in [1.807, 2.05) is 0 Å². The largest absolute Gasteiger partial charge is 0.478 e. The van der Waals surface area contributed by atoms with Gasteiger partial charge < -0.3 is 21.1 Å². The van der Waals surface area contributed by atoms with Gasteiger partial charge in [0.2, 0.25) is 11.8 Å². The molecule has 0 aliphatic carbocycles. The highest BCUT2D eigenvalue weighted by Gasteiger charge is 2.30. The van der Waals surface area contributed by atoms with Gasteiger partial charge in [0, 0.05) is 34.8 Å². The first-order valence-corrected chi connectivity index (χ1v) is 11.6. The predicted octanol–water partition coefficient (Wildman–Crippen LogP) is 2.15. The number of nitrogens with zero attached hydrogens (tertiary/aromatic N) is 4. The minimum Gasteiger partial charge on any atom is -0.478 e. The average molecular weight is 510 g/mol. The number of nitrogens with one attached hydrogen (secondary N) is 3. The number of aromatic nitrogens is 4. The van der Waals surface area contributed by atoms with Crippen molar-refractivity contribution in [1.82, 2.24) is 30.8 Å². The number of carboxylic acid groups (broad SMARTS) is 1. The third-order valence-electron chi connectivity index (χ3n) is 5.79. The number of carbonyl (C=O) groups is 3. The van der Waals surface area contributed by atoms with Crippen LogP contribution < -0.4 is 16.0 Å². The monoisotopic (exact) mass is 509 g/mol. The van der Waals surface area contributed by atoms with Crippen LogP contribution in [0.2, 0.25) is 5.02 Å². The number of hydrogen-bond acceptors (Lipinski definition) is 7. The molecule has 1 fully saturated rings. The van der Waals surface area contributed by atoms with E-state index in [0.29, 0.717) is 28.5 Å². The molecule has 4 N–H and O–H groups in total. The molecule has 12 heteroatoms. The predicted molar refractivity (Wildman–Crippen MR) is 133 cm³/mol. The Balaban J connectivity index is 1.50. The summed E-state index contributed by atoms with van der Waals surface area (Å²) in [5.74, 6) is -2.01. The normalized spacial score (nSPS) is 16.4. The highest BCUT2D eigenvalue weighted by molar-refractivity contribution is 6.30. The third kappa shape index (κ3) is 6.32. The zero-order valence-corrected chi connectivity index (χ0v) is 19.9. The SMILES string of the molecule is O=C(C=Cc1cc(Cl)ccc1-n1cnnn1)NC(C(=O)Nc1ccc(C(=O)O)cc1)C1CCCNC1. The second kappa shape index (κ2) is 11.6. The van der Waals surface area contributed by atoms with Crippen molar-refractivity contribution in [1.29, 1.82) is 0 Å². The van der Waals surface area contributed by atoms with Crippen LogP contribution in [0.25, 0.3) is 11.8 Å². The van der Waals surface area contributed by atoms with E-state index < -0.39 is 17.9 Å². The standard InChI is InChI=1S/C24H24ClN7O4/c25-18-6-9-20(32-14-27-30-31-32)16(12-18)5-10-21(33)29-22(17-2-1-11-26-13-17)23(34)28-19-7-3-15(4-8-19)24(35)36/h3-10,12,14,17,22,26H,1-2,11,13H2,(H,28,34)(H,29,33)(H,35,36). The molecule has 0 saturated carbocycles. The summed E-state index contributed by atoms with van der Waals surface area (Å²) in [5, 5.41) is 29.6. The van der Waals surface area contributed by atoms with Crippen molar-refractivity contribution >= 4 is 41.1 Å². The number of hydrogen-bond donors (Lipinski definition) is 4. The minimum absolute atomic E-state index is 0.113. The van der Waals surface area contributed by atoms with Crippen LogP contribution in [-0.2, 0) is 9.59 Å². The number of anilines is 1. The molecule has 2 heterocycles. The van der Waals surface area contributed by atoms with E-state index in [1.54, 1.807) is 24.3 Å². The smallest absolute Gasteiger partial charge is 0.335 e. The maximum Gasteiger partial charge on any atom is 0.335 e. The van der Waals surface area contributed by atoms with Gasteiger partial charge in [0.05, 0.1) is 11.3 Å². The molecule has 2 aromatic carbocycles. The summed E-state index contributed by atoms with van der Waals surface area (Å²) < 4.78 is 1.45. The molecular formula is C24H24ClN7O4. The van der Waals surface area contributed by atoms with Gasteiger partial charge in [-0.15, -0.1) is 5.10 Å². The van der Waals surface area contributed by atoms with Gasteiger partial charge in [0.15, 0.2) is 0 Å². The van der Waals surface area contributed by atoms with Crippen molar-refractivity contribution in [3.8, 4) is 5.69 Å². The quantitative estimate of drug-likeness (QED) is 0.337. The van der Waals surface area contributed by atoms with Crippen LogP contribution in [-0.4, -0.2) is 62.2 Å². The fourth-order valence-corrected chi connectivity index (χ4v) is 4.16. The summed E-state index contributed by atoms with van der Waals surface area (Å²) in [6.45, 7) is 1.43. The van der Waals surface area contributed by atoms with Crippen molar-refractivity contribution in [2.75, 3.05) is 18.4 Å². The van der Waals surface area contributed by atoms with Gasteiger partial charge in [-0.05, 0) is 78.4 Å². The molecular weight excluding hydrogens is 486 g/mol. The highest BCUT2D eigenvalue weighted by atomic mass is 35.5. The number of piperidine rings is 1. The Bertz CT molecular complexity index is 1260. The fourth-order valence-electron chi connectivity index (χ4n) is 3.98. The van der Waals surface area contributed by atoms with Gasteiger partial charge in [-0.2, -0.15) is 4.68 Å². The summed E-state index contributed by atoms with van der Waals surface area (Å²) in [5.41, 5.74) is 1.79. The third-order valence-corrected chi connectivity index (χ3v) is 6.02. The Labute approximate surface area is 211 Å². The zero-order chi connectivity index (χ0) is 25.5. The van der Waals surface area contributed by atoms with Crippen molar-refractivity contribution in [3.05, 3.63) is 71.0 Å². The second-order valence-electron chi connectivity index (χ2n) is 8.26. The summed E-state index contributed by atoms with van der Waals surface area (Å²) in [7, 11) is 0. The van der Waals surface area contributed by atoms with Crippen molar-refractivity contribution < 1.29 is 19.5 Å². The van der Waals surface area contributed by atoms with Crippen LogP contribution in [0.3, 0.4) is 0 Å². The Morgan fingerprint density at radius 3 is 2.67 bits per heavy atom. The minimum atomic E-state index is -1.05. The molecule has 1 aliphatic rings. The molecule has 2 amide bonds. The second-order valence-corrected chi connectivity index (χ2v) is 8.69. The Morgan fingerprint density at radius 1 is 1.19 bits per heavy atom. The van der Waals surface area contributed by atoms with E-state index in [0.717, 1.165) is 19.4 Å². The topological polar surface area (TPSA) is 151 Å². The molecule has 11 nitrogen and oxygen atoms in total. The molecule has 3 aromatic rings. The van der Waals surface area contributed by atoms with Crippen LogP contribution in [0.15, 0.2) is 54.9 Å². The number of carbonyl (C=O) groups excluding carboxylic acids is 2. The lowest BCUT2D eigenvalue weighted by molar-refractivity contribution is -0.125. The number of carboxylic acids is 1. The van der Waals surface area contributed by atoms with Crippen LogP contribution >= 0.6 is 11.6 Å². The van der Waals surface area contributed by atoms with Crippen LogP contribution in [0.5, 0.6) is 0 Å². The fraction of sp³-hybridized carbons (Fsp3) is 0.250. The van der Waals surface area contributed by atoms with Crippen molar-refractivity contribution in [2.24, 2.45) is 5.92 Å².